The van der Waals surface area contributed by atoms with E-state index in [1.165, 1.54) is 0 Å². The van der Waals surface area contributed by atoms with Gasteiger partial charge in [0.25, 0.3) is 0 Å². The Labute approximate surface area is 99.1 Å². The lowest BCUT2D eigenvalue weighted by molar-refractivity contribution is 0.736. The number of nitrogens with one attached hydrogen (secondary N) is 2. The highest BCUT2D eigenvalue weighted by atomic mass is 32.1. The summed E-state index contributed by atoms with van der Waals surface area (Å²) in [7, 11) is 0. The average Bonchev–Trinajstić information content (AvgIpc) is 2.19. The van der Waals surface area contributed by atoms with E-state index in [-0.39, 0.29) is 0 Å². The van der Waals surface area contributed by atoms with Crippen molar-refractivity contribution in [2.45, 2.75) is 39.5 Å². The first-order chi connectivity index (χ1) is 7.16. The topological polar surface area (TPSA) is 35.9 Å². The fraction of sp³-hybridized carbons (Fsp3) is 0.750. The molecular formula is C12H22N2S. The van der Waals surface area contributed by atoms with Gasteiger partial charge in [-0.3, -0.25) is 5.41 Å². The summed E-state index contributed by atoms with van der Waals surface area (Å²) in [6.45, 7) is 4.73. The van der Waals surface area contributed by atoms with Crippen molar-refractivity contribution >= 4 is 18.5 Å². The van der Waals surface area contributed by atoms with Crippen LogP contribution in [0.25, 0.3) is 0 Å². The van der Waals surface area contributed by atoms with Crippen molar-refractivity contribution in [3.63, 3.8) is 0 Å². The molecule has 0 spiro atoms. The van der Waals surface area contributed by atoms with Gasteiger partial charge in [0.1, 0.15) is 0 Å². The van der Waals surface area contributed by atoms with Crippen molar-refractivity contribution in [1.82, 2.24) is 5.32 Å². The summed E-state index contributed by atoms with van der Waals surface area (Å²) in [4.78, 5) is 0. The normalized spacial score (nSPS) is 9.60. The molecule has 0 atom stereocenters. The van der Waals surface area contributed by atoms with Crippen LogP contribution in [0.4, 0.5) is 0 Å². The predicted molar refractivity (Wildman–Crippen MR) is 70.7 cm³/mol. The minimum Gasteiger partial charge on any atom is -0.363 e. The molecule has 0 amide bonds. The van der Waals surface area contributed by atoms with Crippen LogP contribution in [-0.4, -0.2) is 18.1 Å². The minimum atomic E-state index is 0.413. The van der Waals surface area contributed by atoms with E-state index in [1.54, 1.807) is 0 Å². The number of rotatable bonds is 6. The van der Waals surface area contributed by atoms with Gasteiger partial charge in [0.2, 0.25) is 0 Å². The van der Waals surface area contributed by atoms with Gasteiger partial charge in [-0.15, -0.1) is 0 Å². The number of thiol groups is 1. The standard InChI is InChI=1S/C12H22N2S/c1-11(2)7-6-9-14-12(13)8-4-3-5-10-15/h11,15H,3-5,8-10H2,1-2H3,(H2,13,14). The second-order valence-electron chi connectivity index (χ2n) is 3.84. The van der Waals surface area contributed by atoms with Crippen LogP contribution < -0.4 is 5.32 Å². The van der Waals surface area contributed by atoms with Crippen LogP contribution in [0.5, 0.6) is 0 Å². The molecule has 0 radical (unpaired) electrons. The molecule has 0 aliphatic rings. The fourth-order valence-electron chi connectivity index (χ4n) is 1.08. The molecule has 15 heavy (non-hydrogen) atoms. The van der Waals surface area contributed by atoms with Crippen molar-refractivity contribution < 1.29 is 0 Å². The van der Waals surface area contributed by atoms with Crippen LogP contribution in [0.3, 0.4) is 0 Å². The van der Waals surface area contributed by atoms with Crippen LogP contribution in [0.1, 0.15) is 39.5 Å². The Morgan fingerprint density at radius 3 is 2.67 bits per heavy atom. The van der Waals surface area contributed by atoms with Crippen LogP contribution in [0.2, 0.25) is 0 Å². The van der Waals surface area contributed by atoms with Crippen molar-refractivity contribution in [2.75, 3.05) is 12.3 Å². The highest BCUT2D eigenvalue weighted by molar-refractivity contribution is 7.80. The largest absolute Gasteiger partial charge is 0.363 e. The molecule has 2 nitrogen and oxygen atoms in total. The van der Waals surface area contributed by atoms with Gasteiger partial charge in [0, 0.05) is 12.3 Å². The molecule has 0 saturated heterocycles. The number of hydrogen-bond acceptors (Lipinski definition) is 2. The maximum absolute atomic E-state index is 7.61. The summed E-state index contributed by atoms with van der Waals surface area (Å²) >= 11 is 4.15. The summed E-state index contributed by atoms with van der Waals surface area (Å²) < 4.78 is 0. The molecule has 0 unspecified atom stereocenters. The van der Waals surface area contributed by atoms with Gasteiger partial charge in [-0.2, -0.15) is 12.6 Å². The molecule has 0 rings (SSSR count). The zero-order valence-electron chi connectivity index (χ0n) is 9.77. The first-order valence-corrected chi connectivity index (χ1v) is 6.20. The van der Waals surface area contributed by atoms with E-state index < -0.39 is 0 Å². The molecule has 0 aromatic rings. The first kappa shape index (κ1) is 14.4. The molecule has 0 aromatic carbocycles. The van der Waals surface area contributed by atoms with Gasteiger partial charge in [0.15, 0.2) is 0 Å². The van der Waals surface area contributed by atoms with E-state index in [0.717, 1.165) is 31.4 Å². The van der Waals surface area contributed by atoms with Crippen molar-refractivity contribution in [2.24, 2.45) is 5.92 Å². The molecule has 86 valence electrons. The molecule has 2 N–H and O–H groups in total. The first-order valence-electron chi connectivity index (χ1n) is 5.57. The Bertz CT molecular complexity index is 226. The second-order valence-corrected chi connectivity index (χ2v) is 4.29. The number of unbranched alkanes of at least 4 members (excludes halogenated alkanes) is 2. The van der Waals surface area contributed by atoms with Gasteiger partial charge < -0.3 is 5.32 Å². The Balaban J connectivity index is 3.39. The zero-order chi connectivity index (χ0) is 11.5. The quantitative estimate of drug-likeness (QED) is 0.210. The molecule has 0 bridgehead atoms. The highest BCUT2D eigenvalue weighted by Crippen LogP contribution is 2.00. The third-order valence-corrected chi connectivity index (χ3v) is 2.18. The van der Waals surface area contributed by atoms with Crippen molar-refractivity contribution in [3.8, 4) is 11.8 Å². The van der Waals surface area contributed by atoms with Crippen LogP contribution in [-0.2, 0) is 0 Å². The third kappa shape index (κ3) is 11.3. The van der Waals surface area contributed by atoms with E-state index in [1.807, 2.05) is 0 Å². The van der Waals surface area contributed by atoms with Crippen LogP contribution in [0, 0.1) is 23.2 Å². The Hall–Kier alpha value is -0.620. The zero-order valence-corrected chi connectivity index (χ0v) is 10.7. The molecule has 0 aliphatic carbocycles. The predicted octanol–water partition coefficient (Wildman–Crippen LogP) is 2.70. The van der Waals surface area contributed by atoms with Gasteiger partial charge in [0.05, 0.1) is 12.4 Å². The maximum Gasteiger partial charge on any atom is 0.0939 e. The Kier molecular flexibility index (Phi) is 9.51. The fourth-order valence-corrected chi connectivity index (χ4v) is 1.31. The summed E-state index contributed by atoms with van der Waals surface area (Å²) in [6, 6.07) is 0. The lowest BCUT2D eigenvalue weighted by Crippen LogP contribution is -2.22. The lowest BCUT2D eigenvalue weighted by Gasteiger charge is -2.03. The number of hydrogen-bond donors (Lipinski definition) is 3. The molecular weight excluding hydrogens is 204 g/mol. The molecule has 0 aliphatic heterocycles. The molecule has 0 saturated carbocycles. The highest BCUT2D eigenvalue weighted by Gasteiger charge is 1.94. The SMILES string of the molecule is CC(C)C#CCNC(=N)CCCCCS. The Morgan fingerprint density at radius 1 is 1.33 bits per heavy atom. The van der Waals surface area contributed by atoms with E-state index >= 15 is 0 Å². The van der Waals surface area contributed by atoms with Crippen molar-refractivity contribution in [3.05, 3.63) is 0 Å². The van der Waals surface area contributed by atoms with E-state index in [2.05, 4.69) is 43.6 Å². The van der Waals surface area contributed by atoms with Crippen LogP contribution in [0.15, 0.2) is 0 Å². The van der Waals surface area contributed by atoms with Gasteiger partial charge >= 0.3 is 0 Å². The second kappa shape index (κ2) is 9.92. The third-order valence-electron chi connectivity index (χ3n) is 1.87. The molecule has 3 heteroatoms. The molecule has 0 aromatic heterocycles. The lowest BCUT2D eigenvalue weighted by atomic mass is 10.2. The van der Waals surface area contributed by atoms with Gasteiger partial charge in [-0.1, -0.05) is 32.1 Å². The smallest absolute Gasteiger partial charge is 0.0939 e. The molecule has 0 fully saturated rings. The van der Waals surface area contributed by atoms with Gasteiger partial charge in [-0.25, -0.2) is 0 Å². The average molecular weight is 226 g/mol. The summed E-state index contributed by atoms with van der Waals surface area (Å²) in [5.41, 5.74) is 0. The van der Waals surface area contributed by atoms with Gasteiger partial charge in [-0.05, 0) is 18.6 Å². The Morgan fingerprint density at radius 2 is 2.07 bits per heavy atom. The number of amidine groups is 1. The minimum absolute atomic E-state index is 0.413. The van der Waals surface area contributed by atoms with Crippen LogP contribution >= 0.6 is 12.6 Å². The summed E-state index contributed by atoms with van der Waals surface area (Å²) in [5, 5.41) is 10.6. The summed E-state index contributed by atoms with van der Waals surface area (Å²) in [6.07, 6.45) is 4.20. The van der Waals surface area contributed by atoms with Crippen molar-refractivity contribution in [1.29, 1.82) is 5.41 Å². The van der Waals surface area contributed by atoms with E-state index in [4.69, 9.17) is 5.41 Å². The molecule has 0 heterocycles. The van der Waals surface area contributed by atoms with E-state index in [0.29, 0.717) is 18.3 Å². The van der Waals surface area contributed by atoms with E-state index in [9.17, 15) is 0 Å². The summed E-state index contributed by atoms with van der Waals surface area (Å²) in [5.74, 6) is 8.02. The maximum atomic E-state index is 7.61. The monoisotopic (exact) mass is 226 g/mol.